The molecule has 1 aliphatic rings. The molecule has 0 saturated carbocycles. The van der Waals surface area contributed by atoms with E-state index in [2.05, 4.69) is 5.32 Å². The molecule has 0 bridgehead atoms. The minimum absolute atomic E-state index is 0.0352. The van der Waals surface area contributed by atoms with Crippen LogP contribution in [-0.2, 0) is 4.74 Å². The highest BCUT2D eigenvalue weighted by Gasteiger charge is 2.31. The third-order valence-corrected chi connectivity index (χ3v) is 2.38. The first kappa shape index (κ1) is 11.3. The van der Waals surface area contributed by atoms with Gasteiger partial charge in [0.1, 0.15) is 0 Å². The second-order valence-corrected chi connectivity index (χ2v) is 3.34. The van der Waals surface area contributed by atoms with Crippen LogP contribution in [0, 0.1) is 0 Å². The fourth-order valence-electron chi connectivity index (χ4n) is 1.41. The second kappa shape index (κ2) is 5.82. The van der Waals surface area contributed by atoms with Crippen LogP contribution >= 0.6 is 0 Å². The lowest BCUT2D eigenvalue weighted by molar-refractivity contribution is 0.0240. The van der Waals surface area contributed by atoms with E-state index < -0.39 is 0 Å². The minimum Gasteiger partial charge on any atom is -0.396 e. The Morgan fingerprint density at radius 1 is 1.71 bits per heavy atom. The number of aliphatic hydroxyl groups is 1. The number of amides is 2. The molecule has 1 atom stereocenters. The summed E-state index contributed by atoms with van der Waals surface area (Å²) in [4.78, 5) is 13.0. The van der Waals surface area contributed by atoms with Gasteiger partial charge in [-0.3, -0.25) is 0 Å². The number of nitrogens with one attached hydrogen (secondary N) is 1. The average Bonchev–Trinajstić information content (AvgIpc) is 2.15. The summed E-state index contributed by atoms with van der Waals surface area (Å²) in [6, 6.07) is 0.181. The smallest absolute Gasteiger partial charge is 0.317 e. The molecule has 2 N–H and O–H groups in total. The molecule has 0 radical (unpaired) electrons. The predicted molar refractivity (Wildman–Crippen MR) is 52.1 cm³/mol. The van der Waals surface area contributed by atoms with Crippen LogP contribution in [0.3, 0.4) is 0 Å². The Morgan fingerprint density at radius 3 is 3.00 bits per heavy atom. The lowest BCUT2D eigenvalue weighted by Gasteiger charge is -2.40. The molecule has 1 aliphatic heterocycles. The summed E-state index contributed by atoms with van der Waals surface area (Å²) in [6.07, 6.45) is 1.67. The monoisotopic (exact) mass is 202 g/mol. The fraction of sp³-hybridized carbons (Fsp3) is 0.889. The standard InChI is InChI=1S/C9H18N2O3/c1-10-9(13)11-4-3-8(11)7-14-6-2-5-12/h8,12H,2-7H2,1H3,(H,10,13). The van der Waals surface area contributed by atoms with E-state index in [1.807, 2.05) is 0 Å². The quantitative estimate of drug-likeness (QED) is 0.607. The number of ether oxygens (including phenoxy) is 1. The number of hydrogen-bond acceptors (Lipinski definition) is 3. The van der Waals surface area contributed by atoms with Crippen molar-refractivity contribution in [3.8, 4) is 0 Å². The van der Waals surface area contributed by atoms with Crippen molar-refractivity contribution in [3.05, 3.63) is 0 Å². The molecule has 1 fully saturated rings. The predicted octanol–water partition coefficient (Wildman–Crippen LogP) is -0.201. The SMILES string of the molecule is CNC(=O)N1CCC1COCCCO. The fourth-order valence-corrected chi connectivity index (χ4v) is 1.41. The van der Waals surface area contributed by atoms with Gasteiger partial charge in [0, 0.05) is 26.8 Å². The zero-order chi connectivity index (χ0) is 10.4. The van der Waals surface area contributed by atoms with Gasteiger partial charge < -0.3 is 20.1 Å². The van der Waals surface area contributed by atoms with Crippen molar-refractivity contribution in [1.82, 2.24) is 10.2 Å². The van der Waals surface area contributed by atoms with Crippen LogP contribution in [0.15, 0.2) is 0 Å². The molecular formula is C9H18N2O3. The first-order chi connectivity index (χ1) is 6.79. The molecule has 1 heterocycles. The van der Waals surface area contributed by atoms with Gasteiger partial charge in [-0.2, -0.15) is 0 Å². The maximum Gasteiger partial charge on any atom is 0.317 e. The van der Waals surface area contributed by atoms with Gasteiger partial charge >= 0.3 is 6.03 Å². The van der Waals surface area contributed by atoms with Crippen LogP contribution in [0.2, 0.25) is 0 Å². The molecule has 82 valence electrons. The van der Waals surface area contributed by atoms with E-state index in [0.29, 0.717) is 19.6 Å². The molecule has 1 rings (SSSR count). The van der Waals surface area contributed by atoms with Crippen LogP contribution < -0.4 is 5.32 Å². The van der Waals surface area contributed by atoms with Crippen LogP contribution in [0.25, 0.3) is 0 Å². The molecule has 0 aromatic rings. The number of rotatable bonds is 5. The molecule has 14 heavy (non-hydrogen) atoms. The molecule has 1 unspecified atom stereocenters. The van der Waals surface area contributed by atoms with Crippen LogP contribution in [0.5, 0.6) is 0 Å². The van der Waals surface area contributed by atoms with E-state index >= 15 is 0 Å². The summed E-state index contributed by atoms with van der Waals surface area (Å²) in [6.45, 7) is 2.11. The van der Waals surface area contributed by atoms with Gasteiger partial charge in [-0.15, -0.1) is 0 Å². The maximum absolute atomic E-state index is 11.2. The van der Waals surface area contributed by atoms with Crippen LogP contribution in [0.1, 0.15) is 12.8 Å². The number of carbonyl (C=O) groups is 1. The Morgan fingerprint density at radius 2 is 2.50 bits per heavy atom. The van der Waals surface area contributed by atoms with Crippen molar-refractivity contribution in [2.24, 2.45) is 0 Å². The average molecular weight is 202 g/mol. The van der Waals surface area contributed by atoms with E-state index in [0.717, 1.165) is 13.0 Å². The molecular weight excluding hydrogens is 184 g/mol. The molecule has 0 spiro atoms. The highest BCUT2D eigenvalue weighted by atomic mass is 16.5. The van der Waals surface area contributed by atoms with Crippen molar-refractivity contribution in [1.29, 1.82) is 0 Å². The topological polar surface area (TPSA) is 61.8 Å². The Hall–Kier alpha value is -0.810. The van der Waals surface area contributed by atoms with Gasteiger partial charge in [0.25, 0.3) is 0 Å². The largest absolute Gasteiger partial charge is 0.396 e. The van der Waals surface area contributed by atoms with E-state index in [1.54, 1.807) is 11.9 Å². The highest BCUT2D eigenvalue weighted by Crippen LogP contribution is 2.17. The molecule has 2 amide bonds. The van der Waals surface area contributed by atoms with E-state index in [9.17, 15) is 4.79 Å². The van der Waals surface area contributed by atoms with Crippen molar-refractivity contribution >= 4 is 6.03 Å². The second-order valence-electron chi connectivity index (χ2n) is 3.34. The summed E-state index contributed by atoms with van der Waals surface area (Å²) >= 11 is 0. The van der Waals surface area contributed by atoms with Crippen LogP contribution in [-0.4, -0.2) is 55.5 Å². The van der Waals surface area contributed by atoms with Gasteiger partial charge in [0.2, 0.25) is 0 Å². The Kier molecular flexibility index (Phi) is 4.69. The van der Waals surface area contributed by atoms with Crippen molar-refractivity contribution < 1.29 is 14.6 Å². The molecule has 5 heteroatoms. The zero-order valence-electron chi connectivity index (χ0n) is 8.53. The van der Waals surface area contributed by atoms with E-state index in [1.165, 1.54) is 0 Å². The number of urea groups is 1. The lowest BCUT2D eigenvalue weighted by atomic mass is 10.1. The third kappa shape index (κ3) is 2.85. The van der Waals surface area contributed by atoms with Crippen molar-refractivity contribution in [3.63, 3.8) is 0 Å². The number of hydrogen-bond donors (Lipinski definition) is 2. The minimum atomic E-state index is -0.0352. The van der Waals surface area contributed by atoms with Gasteiger partial charge in [-0.25, -0.2) is 4.79 Å². The molecule has 0 aromatic heterocycles. The number of nitrogens with zero attached hydrogens (tertiary/aromatic N) is 1. The maximum atomic E-state index is 11.2. The summed E-state index contributed by atoms with van der Waals surface area (Å²) < 4.78 is 5.32. The Bertz CT molecular complexity index is 187. The number of carbonyl (C=O) groups excluding carboxylic acids is 1. The van der Waals surface area contributed by atoms with Gasteiger partial charge in [-0.1, -0.05) is 0 Å². The summed E-state index contributed by atoms with van der Waals surface area (Å²) in [5, 5.41) is 11.1. The first-order valence-electron chi connectivity index (χ1n) is 4.96. The van der Waals surface area contributed by atoms with E-state index in [-0.39, 0.29) is 18.7 Å². The first-order valence-corrected chi connectivity index (χ1v) is 4.96. The van der Waals surface area contributed by atoms with Crippen molar-refractivity contribution in [2.75, 3.05) is 33.4 Å². The summed E-state index contributed by atoms with van der Waals surface area (Å²) in [5.74, 6) is 0. The lowest BCUT2D eigenvalue weighted by Crippen LogP contribution is -2.56. The Labute approximate surface area is 84.0 Å². The van der Waals surface area contributed by atoms with Gasteiger partial charge in [0.15, 0.2) is 0 Å². The number of likely N-dealkylation sites (tertiary alicyclic amines) is 1. The van der Waals surface area contributed by atoms with E-state index in [4.69, 9.17) is 9.84 Å². The molecule has 5 nitrogen and oxygen atoms in total. The summed E-state index contributed by atoms with van der Waals surface area (Å²) in [5.41, 5.74) is 0. The third-order valence-electron chi connectivity index (χ3n) is 2.38. The molecule has 0 aliphatic carbocycles. The zero-order valence-corrected chi connectivity index (χ0v) is 8.53. The van der Waals surface area contributed by atoms with Crippen molar-refractivity contribution in [2.45, 2.75) is 18.9 Å². The Balaban J connectivity index is 2.10. The van der Waals surface area contributed by atoms with Gasteiger partial charge in [-0.05, 0) is 12.8 Å². The molecule has 1 saturated heterocycles. The highest BCUT2D eigenvalue weighted by molar-refractivity contribution is 5.75. The van der Waals surface area contributed by atoms with Crippen LogP contribution in [0.4, 0.5) is 4.79 Å². The normalized spacial score (nSPS) is 20.4. The number of aliphatic hydroxyl groups excluding tert-OH is 1. The van der Waals surface area contributed by atoms with Gasteiger partial charge in [0.05, 0.1) is 12.6 Å². The summed E-state index contributed by atoms with van der Waals surface area (Å²) in [7, 11) is 1.63. The molecule has 0 aromatic carbocycles.